The molecule has 90 valence electrons. The number of nitrogens with zero attached hydrogens (tertiary/aromatic N) is 2. The van der Waals surface area contributed by atoms with Crippen LogP contribution in [-0.4, -0.2) is 14.9 Å². The van der Waals surface area contributed by atoms with Gasteiger partial charge in [0.2, 0.25) is 0 Å². The van der Waals surface area contributed by atoms with E-state index in [1.165, 1.54) is 0 Å². The van der Waals surface area contributed by atoms with E-state index in [0.717, 1.165) is 11.1 Å². The quantitative estimate of drug-likeness (QED) is 0.909. The van der Waals surface area contributed by atoms with Crippen LogP contribution in [0.25, 0.3) is 0 Å². The van der Waals surface area contributed by atoms with E-state index in [0.29, 0.717) is 11.1 Å². The van der Waals surface area contributed by atoms with Gasteiger partial charge in [-0.2, -0.15) is 5.10 Å². The van der Waals surface area contributed by atoms with Crippen molar-refractivity contribution in [2.45, 2.75) is 26.0 Å². The summed E-state index contributed by atoms with van der Waals surface area (Å²) in [4.78, 5) is 0. The molecule has 0 radical (unpaired) electrons. The number of halogens is 1. The van der Waals surface area contributed by atoms with E-state index in [4.69, 9.17) is 11.6 Å². The molecule has 17 heavy (non-hydrogen) atoms. The Labute approximate surface area is 106 Å². The average molecular weight is 251 g/mol. The van der Waals surface area contributed by atoms with Gasteiger partial charge in [0.25, 0.3) is 0 Å². The summed E-state index contributed by atoms with van der Waals surface area (Å²) in [7, 11) is 0. The number of benzene rings is 1. The van der Waals surface area contributed by atoms with Crippen molar-refractivity contribution in [2.24, 2.45) is 0 Å². The Morgan fingerprint density at radius 2 is 1.82 bits per heavy atom. The predicted octanol–water partition coefficient (Wildman–Crippen LogP) is 3.20. The summed E-state index contributed by atoms with van der Waals surface area (Å²) >= 11 is 5.81. The molecule has 1 heterocycles. The fraction of sp³-hybridized carbons (Fsp3) is 0.308. The second-order valence-corrected chi connectivity index (χ2v) is 4.74. The number of hydrogen-bond acceptors (Lipinski definition) is 2. The molecule has 1 N–H and O–H groups in total. The van der Waals surface area contributed by atoms with Gasteiger partial charge < -0.3 is 5.11 Å². The van der Waals surface area contributed by atoms with E-state index in [-0.39, 0.29) is 0 Å². The normalized spacial score (nSPS) is 13.0. The molecule has 0 aliphatic carbocycles. The van der Waals surface area contributed by atoms with Crippen LogP contribution in [0, 0.1) is 0 Å². The van der Waals surface area contributed by atoms with Crippen molar-refractivity contribution < 1.29 is 5.11 Å². The maximum atomic E-state index is 10.2. The molecule has 4 heteroatoms. The highest BCUT2D eigenvalue weighted by atomic mass is 35.5. The molecule has 0 aliphatic rings. The van der Waals surface area contributed by atoms with Crippen molar-refractivity contribution in [3.8, 4) is 0 Å². The molecule has 1 atom stereocenters. The van der Waals surface area contributed by atoms with E-state index in [2.05, 4.69) is 5.10 Å². The van der Waals surface area contributed by atoms with Crippen molar-refractivity contribution in [1.29, 1.82) is 0 Å². The lowest BCUT2D eigenvalue weighted by molar-refractivity contribution is 0.220. The molecule has 0 saturated heterocycles. The van der Waals surface area contributed by atoms with Crippen molar-refractivity contribution in [2.75, 3.05) is 0 Å². The lowest BCUT2D eigenvalue weighted by Gasteiger charge is -2.09. The highest BCUT2D eigenvalue weighted by Crippen LogP contribution is 2.23. The first-order valence-corrected chi connectivity index (χ1v) is 5.93. The lowest BCUT2D eigenvalue weighted by atomic mass is 10.1. The Balaban J connectivity index is 2.24. The largest absolute Gasteiger partial charge is 0.384 e. The van der Waals surface area contributed by atoms with Crippen molar-refractivity contribution in [1.82, 2.24) is 9.78 Å². The molecular formula is C13H15ClN2O. The van der Waals surface area contributed by atoms with Crippen LogP contribution in [-0.2, 0) is 0 Å². The smallest absolute Gasteiger partial charge is 0.107 e. The minimum absolute atomic E-state index is 0.293. The van der Waals surface area contributed by atoms with E-state index in [1.54, 1.807) is 18.3 Å². The zero-order valence-corrected chi connectivity index (χ0v) is 10.6. The molecule has 0 amide bonds. The maximum Gasteiger partial charge on any atom is 0.107 e. The van der Waals surface area contributed by atoms with E-state index in [1.807, 2.05) is 36.9 Å². The van der Waals surface area contributed by atoms with Crippen molar-refractivity contribution >= 4 is 11.6 Å². The Bertz CT molecular complexity index is 490. The first-order chi connectivity index (χ1) is 8.08. The number of aliphatic hydroxyl groups excluding tert-OH is 1. The summed E-state index contributed by atoms with van der Waals surface area (Å²) in [5.74, 6) is 0. The standard InChI is InChI=1S/C13H15ClN2O/c1-9(2)16-8-11(7-15-16)13(17)10-3-5-12(14)6-4-10/h3-9,13,17H,1-2H3. The molecule has 1 aromatic heterocycles. The van der Waals surface area contributed by atoms with Crippen LogP contribution in [0.15, 0.2) is 36.7 Å². The fourth-order valence-electron chi connectivity index (χ4n) is 1.61. The maximum absolute atomic E-state index is 10.2. The monoisotopic (exact) mass is 250 g/mol. The summed E-state index contributed by atoms with van der Waals surface area (Å²) in [5, 5.41) is 15.1. The second kappa shape index (κ2) is 4.90. The second-order valence-electron chi connectivity index (χ2n) is 4.30. The van der Waals surface area contributed by atoms with E-state index < -0.39 is 6.10 Å². The zero-order valence-electron chi connectivity index (χ0n) is 9.84. The molecule has 2 aromatic rings. The summed E-state index contributed by atoms with van der Waals surface area (Å²) < 4.78 is 1.83. The van der Waals surface area contributed by atoms with Crippen LogP contribution in [0.3, 0.4) is 0 Å². The Morgan fingerprint density at radius 3 is 2.35 bits per heavy atom. The number of hydrogen-bond donors (Lipinski definition) is 1. The van der Waals surface area contributed by atoms with Gasteiger partial charge in [-0.05, 0) is 31.5 Å². The number of aromatic nitrogens is 2. The number of rotatable bonds is 3. The molecule has 1 unspecified atom stereocenters. The summed E-state index contributed by atoms with van der Waals surface area (Å²) in [6.07, 6.45) is 2.91. The van der Waals surface area contributed by atoms with E-state index >= 15 is 0 Å². The Morgan fingerprint density at radius 1 is 1.18 bits per heavy atom. The molecule has 0 saturated carbocycles. The zero-order chi connectivity index (χ0) is 12.4. The van der Waals surface area contributed by atoms with Gasteiger partial charge in [-0.1, -0.05) is 23.7 Å². The van der Waals surface area contributed by atoms with Crippen molar-refractivity contribution in [3.05, 3.63) is 52.8 Å². The molecule has 0 aliphatic heterocycles. The molecule has 0 fully saturated rings. The summed E-state index contributed by atoms with van der Waals surface area (Å²) in [6, 6.07) is 7.47. The van der Waals surface area contributed by atoms with Gasteiger partial charge in [-0.25, -0.2) is 0 Å². The Kier molecular flexibility index (Phi) is 3.50. The highest BCUT2D eigenvalue weighted by Gasteiger charge is 2.13. The highest BCUT2D eigenvalue weighted by molar-refractivity contribution is 6.30. The summed E-state index contributed by atoms with van der Waals surface area (Å²) in [6.45, 7) is 4.09. The molecule has 1 aromatic carbocycles. The van der Waals surface area contributed by atoms with Crippen LogP contribution >= 0.6 is 11.6 Å². The predicted molar refractivity (Wildman–Crippen MR) is 68.1 cm³/mol. The molecule has 2 rings (SSSR count). The third-order valence-corrected chi connectivity index (χ3v) is 2.90. The van der Waals surface area contributed by atoms with Gasteiger partial charge in [-0.3, -0.25) is 4.68 Å². The van der Waals surface area contributed by atoms with E-state index in [9.17, 15) is 5.11 Å². The van der Waals surface area contributed by atoms with Crippen LogP contribution in [0.5, 0.6) is 0 Å². The third kappa shape index (κ3) is 2.68. The first-order valence-electron chi connectivity index (χ1n) is 5.55. The van der Waals surface area contributed by atoms with Crippen LogP contribution in [0.1, 0.15) is 37.1 Å². The SMILES string of the molecule is CC(C)n1cc(C(O)c2ccc(Cl)cc2)cn1. The third-order valence-electron chi connectivity index (χ3n) is 2.65. The van der Waals surface area contributed by atoms with Gasteiger partial charge in [0.15, 0.2) is 0 Å². The molecule has 0 bridgehead atoms. The molecule has 0 spiro atoms. The van der Waals surface area contributed by atoms with Crippen LogP contribution < -0.4 is 0 Å². The Hall–Kier alpha value is -1.32. The lowest BCUT2D eigenvalue weighted by Crippen LogP contribution is -2.01. The van der Waals surface area contributed by atoms with Gasteiger partial charge in [0.05, 0.1) is 6.20 Å². The molecule has 3 nitrogen and oxygen atoms in total. The minimum Gasteiger partial charge on any atom is -0.384 e. The topological polar surface area (TPSA) is 38.0 Å². The van der Waals surface area contributed by atoms with Gasteiger partial charge in [0, 0.05) is 22.8 Å². The first kappa shape index (κ1) is 12.1. The average Bonchev–Trinajstić information content (AvgIpc) is 2.78. The van der Waals surface area contributed by atoms with Crippen LogP contribution in [0.2, 0.25) is 5.02 Å². The number of aliphatic hydroxyl groups is 1. The van der Waals surface area contributed by atoms with Gasteiger partial charge >= 0.3 is 0 Å². The van der Waals surface area contributed by atoms with Crippen molar-refractivity contribution in [3.63, 3.8) is 0 Å². The van der Waals surface area contributed by atoms with Crippen LogP contribution in [0.4, 0.5) is 0 Å². The fourth-order valence-corrected chi connectivity index (χ4v) is 1.74. The summed E-state index contributed by atoms with van der Waals surface area (Å²) in [5.41, 5.74) is 1.61. The van der Waals surface area contributed by atoms with Gasteiger partial charge in [-0.15, -0.1) is 0 Å². The molecular weight excluding hydrogens is 236 g/mol. The van der Waals surface area contributed by atoms with Gasteiger partial charge in [0.1, 0.15) is 6.10 Å². The minimum atomic E-state index is -0.653.